The molecule has 1 aliphatic carbocycles. The van der Waals surface area contributed by atoms with Gasteiger partial charge in [0.1, 0.15) is 17.2 Å². The Balaban J connectivity index is 1.85. The van der Waals surface area contributed by atoms with Gasteiger partial charge in [-0.15, -0.1) is 0 Å². The Bertz CT molecular complexity index is 1170. The topological polar surface area (TPSA) is 67.6 Å². The quantitative estimate of drug-likeness (QED) is 0.590. The van der Waals surface area contributed by atoms with Gasteiger partial charge in [0.2, 0.25) is 5.91 Å². The van der Waals surface area contributed by atoms with Crippen LogP contribution in [0.1, 0.15) is 43.9 Å². The molecule has 0 atom stereocenters. The molecule has 0 spiro atoms. The van der Waals surface area contributed by atoms with Gasteiger partial charge >= 0.3 is 0 Å². The number of carbonyl (C=O) groups excluding carboxylic acids is 1. The van der Waals surface area contributed by atoms with Crippen molar-refractivity contribution < 1.29 is 22.0 Å². The van der Waals surface area contributed by atoms with E-state index >= 15 is 0 Å². The average Bonchev–Trinajstić information content (AvgIpc) is 3.06. The molecule has 7 heteroatoms. The number of aryl methyl sites for hydroxylation is 2. The van der Waals surface area contributed by atoms with Crippen molar-refractivity contribution in [3.8, 4) is 0 Å². The Labute approximate surface area is 169 Å². The third-order valence-corrected chi connectivity index (χ3v) is 6.98. The average molecular weight is 415 g/mol. The van der Waals surface area contributed by atoms with Gasteiger partial charge in [-0.3, -0.25) is 4.79 Å². The number of amides is 1. The van der Waals surface area contributed by atoms with Gasteiger partial charge in [0.25, 0.3) is 10.0 Å². The number of rotatable bonds is 5. The molecule has 0 unspecified atom stereocenters. The molecule has 1 heterocycles. The summed E-state index contributed by atoms with van der Waals surface area (Å²) < 4.78 is 46.6. The summed E-state index contributed by atoms with van der Waals surface area (Å²) in [4.78, 5) is 12.7. The van der Waals surface area contributed by atoms with Gasteiger partial charge < -0.3 is 4.42 Å². The zero-order chi connectivity index (χ0) is 20.6. The Morgan fingerprint density at radius 2 is 1.83 bits per heavy atom. The number of fused-ring (bicyclic) bond motifs is 3. The number of benzene rings is 2. The second-order valence-electron chi connectivity index (χ2n) is 7.26. The van der Waals surface area contributed by atoms with Crippen LogP contribution in [-0.2, 0) is 27.7 Å². The van der Waals surface area contributed by atoms with E-state index in [2.05, 4.69) is 0 Å². The van der Waals surface area contributed by atoms with Gasteiger partial charge in [0.15, 0.2) is 0 Å². The fourth-order valence-electron chi connectivity index (χ4n) is 3.82. The smallest absolute Gasteiger partial charge is 0.270 e. The second-order valence-corrected chi connectivity index (χ2v) is 9.05. The summed E-state index contributed by atoms with van der Waals surface area (Å²) >= 11 is 0. The Morgan fingerprint density at radius 3 is 2.55 bits per heavy atom. The SMILES string of the molecule is CCCC(=O)N(c1ccc2oc3c(c2c1)CCCC3)S(=O)(=O)c1ccc(F)cc1. The second kappa shape index (κ2) is 7.63. The zero-order valence-electron chi connectivity index (χ0n) is 16.2. The van der Waals surface area contributed by atoms with Crippen molar-refractivity contribution in [2.45, 2.75) is 50.3 Å². The predicted molar refractivity (Wildman–Crippen MR) is 109 cm³/mol. The molecular formula is C22H22FNO4S. The number of halogens is 1. The molecule has 3 aromatic rings. The first-order valence-electron chi connectivity index (χ1n) is 9.80. The lowest BCUT2D eigenvalue weighted by Gasteiger charge is -2.23. The fourth-order valence-corrected chi connectivity index (χ4v) is 5.26. The molecule has 0 fully saturated rings. The van der Waals surface area contributed by atoms with Crippen LogP contribution >= 0.6 is 0 Å². The van der Waals surface area contributed by atoms with Crippen LogP contribution in [0.5, 0.6) is 0 Å². The third-order valence-electron chi connectivity index (χ3n) is 5.22. The molecule has 0 N–H and O–H groups in total. The van der Waals surface area contributed by atoms with Crippen molar-refractivity contribution in [3.05, 3.63) is 59.6 Å². The molecule has 4 rings (SSSR count). The van der Waals surface area contributed by atoms with Crippen molar-refractivity contribution in [2.24, 2.45) is 0 Å². The standard InChI is InChI=1S/C22H22FNO4S/c1-2-5-22(25)24(29(26,27)17-11-8-15(23)9-12-17)16-10-13-21-19(14-16)18-6-3-4-7-20(18)28-21/h8-14H,2-7H2,1H3. The Hall–Kier alpha value is -2.67. The molecule has 152 valence electrons. The number of hydrogen-bond acceptors (Lipinski definition) is 4. The minimum atomic E-state index is -4.18. The lowest BCUT2D eigenvalue weighted by atomic mass is 9.96. The number of carbonyl (C=O) groups is 1. The molecule has 5 nitrogen and oxygen atoms in total. The maximum atomic E-state index is 13.3. The molecule has 0 aliphatic heterocycles. The van der Waals surface area contributed by atoms with Crippen molar-refractivity contribution in [3.63, 3.8) is 0 Å². The van der Waals surface area contributed by atoms with Gasteiger partial charge in [0, 0.05) is 23.8 Å². The maximum absolute atomic E-state index is 13.3. The number of furan rings is 1. The number of sulfonamides is 1. The first kappa shape index (κ1) is 19.6. The van der Waals surface area contributed by atoms with E-state index in [0.29, 0.717) is 12.0 Å². The van der Waals surface area contributed by atoms with Crippen LogP contribution in [0.15, 0.2) is 51.8 Å². The summed E-state index contributed by atoms with van der Waals surface area (Å²) in [7, 11) is -4.18. The van der Waals surface area contributed by atoms with Crippen LogP contribution in [0.4, 0.5) is 10.1 Å². The summed E-state index contributed by atoms with van der Waals surface area (Å²) in [5.41, 5.74) is 2.06. The van der Waals surface area contributed by atoms with E-state index in [9.17, 15) is 17.6 Å². The molecule has 0 radical (unpaired) electrons. The molecule has 0 saturated heterocycles. The minimum absolute atomic E-state index is 0.0853. The van der Waals surface area contributed by atoms with Crippen molar-refractivity contribution in [1.82, 2.24) is 0 Å². The van der Waals surface area contributed by atoms with Crippen LogP contribution in [0.2, 0.25) is 0 Å². The first-order chi connectivity index (χ1) is 13.9. The fraction of sp³-hybridized carbons (Fsp3) is 0.318. The largest absolute Gasteiger partial charge is 0.461 e. The van der Waals surface area contributed by atoms with Gasteiger partial charge in [-0.1, -0.05) is 6.92 Å². The van der Waals surface area contributed by atoms with Crippen LogP contribution in [-0.4, -0.2) is 14.3 Å². The maximum Gasteiger partial charge on any atom is 0.270 e. The van der Waals surface area contributed by atoms with E-state index in [1.807, 2.05) is 6.92 Å². The Kier molecular flexibility index (Phi) is 5.17. The summed E-state index contributed by atoms with van der Waals surface area (Å²) in [6.07, 6.45) is 4.46. The highest BCUT2D eigenvalue weighted by Crippen LogP contribution is 2.35. The van der Waals surface area contributed by atoms with E-state index in [1.54, 1.807) is 18.2 Å². The highest BCUT2D eigenvalue weighted by molar-refractivity contribution is 7.93. The third kappa shape index (κ3) is 3.55. The molecule has 1 aromatic heterocycles. The van der Waals surface area contributed by atoms with Gasteiger partial charge in [-0.25, -0.2) is 17.1 Å². The molecule has 1 aliphatic rings. The molecule has 29 heavy (non-hydrogen) atoms. The first-order valence-corrected chi connectivity index (χ1v) is 11.2. The van der Waals surface area contributed by atoms with Gasteiger partial charge in [0.05, 0.1) is 10.6 Å². The van der Waals surface area contributed by atoms with E-state index < -0.39 is 21.7 Å². The van der Waals surface area contributed by atoms with Crippen LogP contribution in [0.3, 0.4) is 0 Å². The lowest BCUT2D eigenvalue weighted by molar-refractivity contribution is -0.117. The van der Waals surface area contributed by atoms with Crippen LogP contribution in [0.25, 0.3) is 11.0 Å². The number of hydrogen-bond donors (Lipinski definition) is 0. The Morgan fingerprint density at radius 1 is 1.10 bits per heavy atom. The van der Waals surface area contributed by atoms with Crippen LogP contribution in [0, 0.1) is 5.82 Å². The number of anilines is 1. The molecule has 2 aromatic carbocycles. The lowest BCUT2D eigenvalue weighted by Crippen LogP contribution is -2.36. The molecule has 1 amide bonds. The summed E-state index contributed by atoms with van der Waals surface area (Å²) in [5, 5.41) is 0.848. The van der Waals surface area contributed by atoms with E-state index in [4.69, 9.17) is 4.42 Å². The molecule has 0 bridgehead atoms. The van der Waals surface area contributed by atoms with E-state index in [0.717, 1.165) is 58.8 Å². The molecule has 0 saturated carbocycles. The highest BCUT2D eigenvalue weighted by atomic mass is 32.2. The predicted octanol–water partition coefficient (Wildman–Crippen LogP) is 4.97. The van der Waals surface area contributed by atoms with Crippen molar-refractivity contribution in [1.29, 1.82) is 0 Å². The van der Waals surface area contributed by atoms with E-state index in [-0.39, 0.29) is 17.0 Å². The van der Waals surface area contributed by atoms with Crippen molar-refractivity contribution in [2.75, 3.05) is 4.31 Å². The van der Waals surface area contributed by atoms with Crippen molar-refractivity contribution >= 4 is 32.6 Å². The van der Waals surface area contributed by atoms with Gasteiger partial charge in [-0.2, -0.15) is 0 Å². The van der Waals surface area contributed by atoms with Crippen LogP contribution < -0.4 is 4.31 Å². The number of nitrogens with zero attached hydrogens (tertiary/aromatic N) is 1. The molecular weight excluding hydrogens is 393 g/mol. The van der Waals surface area contributed by atoms with E-state index in [1.165, 1.54) is 12.1 Å². The van der Waals surface area contributed by atoms with Gasteiger partial charge in [-0.05, 0) is 68.1 Å². The highest BCUT2D eigenvalue weighted by Gasteiger charge is 2.31. The summed E-state index contributed by atoms with van der Waals surface area (Å²) in [5.74, 6) is -0.119. The monoisotopic (exact) mass is 415 g/mol. The summed E-state index contributed by atoms with van der Waals surface area (Å²) in [6.45, 7) is 1.82. The minimum Gasteiger partial charge on any atom is -0.461 e. The normalized spacial score (nSPS) is 14.0. The summed E-state index contributed by atoms with van der Waals surface area (Å²) in [6, 6.07) is 9.53. The zero-order valence-corrected chi connectivity index (χ0v) is 17.0.